The molecule has 2 amide bonds. The third-order valence-corrected chi connectivity index (χ3v) is 6.92. The van der Waals surface area contributed by atoms with Crippen LogP contribution in [0.25, 0.3) is 0 Å². The van der Waals surface area contributed by atoms with Crippen molar-refractivity contribution in [3.63, 3.8) is 0 Å². The Kier molecular flexibility index (Phi) is 4.71. The number of hydrogen-bond acceptors (Lipinski definition) is 4. The lowest BCUT2D eigenvalue weighted by molar-refractivity contribution is -0.145. The van der Waals surface area contributed by atoms with Crippen molar-refractivity contribution in [1.82, 2.24) is 0 Å². The normalized spacial score (nSPS) is 28.3. The first-order valence-electron chi connectivity index (χ1n) is 9.78. The van der Waals surface area contributed by atoms with E-state index in [9.17, 15) is 14.4 Å². The summed E-state index contributed by atoms with van der Waals surface area (Å²) in [5.41, 5.74) is 1.26. The van der Waals surface area contributed by atoms with Gasteiger partial charge in [0.25, 0.3) is 5.91 Å². The van der Waals surface area contributed by atoms with Crippen LogP contribution in [0, 0.1) is 23.7 Å². The first-order chi connectivity index (χ1) is 14.4. The highest BCUT2D eigenvalue weighted by atomic mass is 35.5. The molecule has 2 aromatic carbocycles. The van der Waals surface area contributed by atoms with Crippen LogP contribution in [0.4, 0.5) is 11.4 Å². The number of nitrogens with one attached hydrogen (secondary N) is 2. The molecule has 8 heteroatoms. The first-order valence-corrected chi connectivity index (χ1v) is 10.5. The second kappa shape index (κ2) is 7.29. The number of halogens is 2. The summed E-state index contributed by atoms with van der Waals surface area (Å²) in [5, 5.41) is 6.42. The number of benzene rings is 2. The van der Waals surface area contributed by atoms with Gasteiger partial charge in [-0.3, -0.25) is 14.4 Å². The van der Waals surface area contributed by atoms with E-state index in [1.165, 1.54) is 0 Å². The number of fused-ring (bicyclic) bond motifs is 1. The molecule has 6 nitrogen and oxygen atoms in total. The van der Waals surface area contributed by atoms with Crippen LogP contribution in [-0.4, -0.2) is 23.9 Å². The van der Waals surface area contributed by atoms with E-state index >= 15 is 0 Å². The van der Waals surface area contributed by atoms with Gasteiger partial charge in [0, 0.05) is 22.2 Å². The van der Waals surface area contributed by atoms with Gasteiger partial charge in [0.1, 0.15) is 6.10 Å². The topological polar surface area (TPSA) is 84.5 Å². The van der Waals surface area contributed by atoms with Crippen LogP contribution in [0.1, 0.15) is 23.2 Å². The average Bonchev–Trinajstić information content (AvgIpc) is 3.33. The third kappa shape index (κ3) is 3.24. The van der Waals surface area contributed by atoms with Crippen LogP contribution in [-0.2, 0) is 14.3 Å². The Hall–Kier alpha value is -2.57. The van der Waals surface area contributed by atoms with Crippen molar-refractivity contribution < 1.29 is 19.1 Å². The van der Waals surface area contributed by atoms with Crippen LogP contribution in [0.15, 0.2) is 42.5 Å². The lowest BCUT2D eigenvalue weighted by atomic mass is 9.79. The molecule has 3 fully saturated rings. The second-order valence-corrected chi connectivity index (χ2v) is 8.91. The van der Waals surface area contributed by atoms with Crippen molar-refractivity contribution >= 4 is 52.4 Å². The van der Waals surface area contributed by atoms with Gasteiger partial charge in [-0.2, -0.15) is 0 Å². The molecule has 2 bridgehead atoms. The maximum absolute atomic E-state index is 12.9. The molecule has 2 saturated carbocycles. The standard InChI is InChI=1S/C22H18Cl2N2O4/c23-12-4-5-15(24)16(9-12)26-20(27)10-2-1-3-13(6-10)25-21(28)18-11-7-14-17(8-11)30-22(29)19(14)18/h1-6,9,11,14,17-19H,7-8H2,(H,25,28)(H,26,27)/t11-,14+,17+,18-,19-/m1/s1. The zero-order valence-electron chi connectivity index (χ0n) is 15.7. The van der Waals surface area contributed by atoms with Crippen LogP contribution < -0.4 is 10.6 Å². The molecule has 2 aromatic rings. The van der Waals surface area contributed by atoms with E-state index in [0.717, 1.165) is 12.8 Å². The molecule has 30 heavy (non-hydrogen) atoms. The molecule has 2 N–H and O–H groups in total. The molecule has 1 saturated heterocycles. The highest BCUT2D eigenvalue weighted by Gasteiger charge is 2.63. The second-order valence-electron chi connectivity index (χ2n) is 8.07. The van der Waals surface area contributed by atoms with E-state index in [1.807, 2.05) is 0 Å². The maximum atomic E-state index is 12.9. The number of carbonyl (C=O) groups is 3. The van der Waals surface area contributed by atoms with E-state index < -0.39 is 0 Å². The molecule has 0 unspecified atom stereocenters. The number of rotatable bonds is 4. The molecule has 0 aromatic heterocycles. The molecule has 154 valence electrons. The Morgan fingerprint density at radius 2 is 1.87 bits per heavy atom. The van der Waals surface area contributed by atoms with Crippen molar-refractivity contribution in [2.24, 2.45) is 23.7 Å². The molecular weight excluding hydrogens is 427 g/mol. The SMILES string of the molecule is O=C(Nc1cc(Cl)ccc1Cl)c1cccc(NC(=O)[C@@H]2[C@@H]3C[C@@H]4[C@H]2C(=O)O[C@H]4C3)c1. The van der Waals surface area contributed by atoms with Gasteiger partial charge >= 0.3 is 5.97 Å². The van der Waals surface area contributed by atoms with Crippen molar-refractivity contribution in [3.8, 4) is 0 Å². The van der Waals surface area contributed by atoms with Gasteiger partial charge in [0.15, 0.2) is 0 Å². The Morgan fingerprint density at radius 1 is 1.03 bits per heavy atom. The van der Waals surface area contributed by atoms with Crippen molar-refractivity contribution in [1.29, 1.82) is 0 Å². The summed E-state index contributed by atoms with van der Waals surface area (Å²) >= 11 is 12.1. The quantitative estimate of drug-likeness (QED) is 0.685. The summed E-state index contributed by atoms with van der Waals surface area (Å²) in [7, 11) is 0. The first kappa shape index (κ1) is 19.4. The molecule has 0 radical (unpaired) electrons. The van der Waals surface area contributed by atoms with Gasteiger partial charge in [0.05, 0.1) is 22.5 Å². The van der Waals surface area contributed by atoms with Gasteiger partial charge in [0.2, 0.25) is 5.91 Å². The van der Waals surface area contributed by atoms with Crippen molar-refractivity contribution in [2.75, 3.05) is 10.6 Å². The summed E-state index contributed by atoms with van der Waals surface area (Å²) < 4.78 is 5.40. The average molecular weight is 445 g/mol. The molecule has 2 aliphatic carbocycles. The zero-order chi connectivity index (χ0) is 21.0. The Bertz CT molecular complexity index is 1070. The number of hydrogen-bond donors (Lipinski definition) is 2. The molecule has 1 heterocycles. The summed E-state index contributed by atoms with van der Waals surface area (Å²) in [6.45, 7) is 0. The summed E-state index contributed by atoms with van der Waals surface area (Å²) in [5.74, 6) is -1.20. The van der Waals surface area contributed by atoms with E-state index in [0.29, 0.717) is 27.0 Å². The minimum atomic E-state index is -0.377. The third-order valence-electron chi connectivity index (χ3n) is 6.35. The smallest absolute Gasteiger partial charge is 0.310 e. The molecule has 3 aliphatic rings. The number of esters is 1. The fourth-order valence-electron chi connectivity index (χ4n) is 5.11. The fraction of sp³-hybridized carbons (Fsp3) is 0.318. The minimum absolute atomic E-state index is 0.0121. The van der Waals surface area contributed by atoms with Gasteiger partial charge in [-0.05, 0) is 55.2 Å². The van der Waals surface area contributed by atoms with Crippen molar-refractivity contribution in [2.45, 2.75) is 18.9 Å². The fourth-order valence-corrected chi connectivity index (χ4v) is 5.45. The van der Waals surface area contributed by atoms with E-state index in [-0.39, 0.29) is 47.6 Å². The van der Waals surface area contributed by atoms with Crippen LogP contribution >= 0.6 is 23.2 Å². The molecule has 0 spiro atoms. The van der Waals surface area contributed by atoms with Gasteiger partial charge in [-0.25, -0.2) is 0 Å². The maximum Gasteiger partial charge on any atom is 0.310 e. The number of anilines is 2. The number of carbonyl (C=O) groups excluding carboxylic acids is 3. The number of amides is 2. The van der Waals surface area contributed by atoms with Crippen LogP contribution in [0.2, 0.25) is 10.0 Å². The van der Waals surface area contributed by atoms with E-state index in [2.05, 4.69) is 10.6 Å². The lowest BCUT2D eigenvalue weighted by Gasteiger charge is -2.23. The van der Waals surface area contributed by atoms with Crippen LogP contribution in [0.3, 0.4) is 0 Å². The Morgan fingerprint density at radius 3 is 2.70 bits per heavy atom. The predicted molar refractivity (Wildman–Crippen MR) is 113 cm³/mol. The van der Waals surface area contributed by atoms with Gasteiger partial charge < -0.3 is 15.4 Å². The summed E-state index contributed by atoms with van der Waals surface area (Å²) in [4.78, 5) is 37.7. The lowest BCUT2D eigenvalue weighted by Crippen LogP contribution is -2.35. The van der Waals surface area contributed by atoms with E-state index in [4.69, 9.17) is 27.9 Å². The molecule has 1 aliphatic heterocycles. The van der Waals surface area contributed by atoms with E-state index in [1.54, 1.807) is 42.5 Å². The van der Waals surface area contributed by atoms with Crippen LogP contribution in [0.5, 0.6) is 0 Å². The minimum Gasteiger partial charge on any atom is -0.462 e. The highest BCUT2D eigenvalue weighted by Crippen LogP contribution is 2.57. The van der Waals surface area contributed by atoms with Crippen molar-refractivity contribution in [3.05, 3.63) is 58.1 Å². The monoisotopic (exact) mass is 444 g/mol. The number of ether oxygens (including phenoxy) is 1. The summed E-state index contributed by atoms with van der Waals surface area (Å²) in [6, 6.07) is 11.4. The molecule has 5 atom stereocenters. The predicted octanol–water partition coefficient (Wildman–Crippen LogP) is 4.38. The van der Waals surface area contributed by atoms with Gasteiger partial charge in [-0.15, -0.1) is 0 Å². The Balaban J connectivity index is 1.30. The highest BCUT2D eigenvalue weighted by molar-refractivity contribution is 6.35. The molecular formula is C22H18Cl2N2O4. The zero-order valence-corrected chi connectivity index (χ0v) is 17.2. The largest absolute Gasteiger partial charge is 0.462 e. The van der Waals surface area contributed by atoms with Gasteiger partial charge in [-0.1, -0.05) is 29.3 Å². The Labute approximate surface area is 182 Å². The molecule has 5 rings (SSSR count). The summed E-state index contributed by atoms with van der Waals surface area (Å²) in [6.07, 6.45) is 1.61.